The number of aliphatic carboxylic acids is 1. The fourth-order valence-corrected chi connectivity index (χ4v) is 2.64. The van der Waals surface area contributed by atoms with Gasteiger partial charge in [-0.25, -0.2) is 0 Å². The van der Waals surface area contributed by atoms with E-state index in [4.69, 9.17) is 28.3 Å². The first-order valence-electron chi connectivity index (χ1n) is 6.43. The number of hydrogen-bond acceptors (Lipinski definition) is 3. The Kier molecular flexibility index (Phi) is 4.78. The van der Waals surface area contributed by atoms with Gasteiger partial charge in [0.2, 0.25) is 5.91 Å². The Bertz CT molecular complexity index is 761. The van der Waals surface area contributed by atoms with Crippen LogP contribution in [0.15, 0.2) is 24.3 Å². The minimum absolute atomic E-state index is 0.112. The van der Waals surface area contributed by atoms with E-state index in [1.54, 1.807) is 18.2 Å². The van der Waals surface area contributed by atoms with E-state index in [2.05, 4.69) is 5.32 Å². The van der Waals surface area contributed by atoms with Crippen molar-refractivity contribution in [3.05, 3.63) is 34.3 Å². The Morgan fingerprint density at radius 3 is 2.59 bits per heavy atom. The minimum Gasteiger partial charge on any atom is -0.506 e. The van der Waals surface area contributed by atoms with Crippen molar-refractivity contribution in [3.63, 3.8) is 0 Å². The summed E-state index contributed by atoms with van der Waals surface area (Å²) in [6, 6.07) is 6.25. The van der Waals surface area contributed by atoms with Crippen molar-refractivity contribution in [2.45, 2.75) is 13.3 Å². The molecule has 0 radical (unpaired) electrons. The molecule has 1 amide bonds. The number of benzene rings is 2. The fraction of sp³-hybridized carbons (Fsp3) is 0.200. The van der Waals surface area contributed by atoms with Crippen LogP contribution in [-0.4, -0.2) is 22.1 Å². The van der Waals surface area contributed by atoms with Gasteiger partial charge >= 0.3 is 5.97 Å². The molecule has 0 heterocycles. The van der Waals surface area contributed by atoms with Crippen LogP contribution >= 0.6 is 23.2 Å². The number of halogens is 2. The summed E-state index contributed by atoms with van der Waals surface area (Å²) < 4.78 is 0. The van der Waals surface area contributed by atoms with E-state index < -0.39 is 17.8 Å². The topological polar surface area (TPSA) is 86.6 Å². The average molecular weight is 342 g/mol. The Labute approximate surface area is 136 Å². The van der Waals surface area contributed by atoms with Crippen LogP contribution in [0.5, 0.6) is 5.75 Å². The van der Waals surface area contributed by atoms with Gasteiger partial charge in [0.1, 0.15) is 5.75 Å². The molecule has 0 fully saturated rings. The SMILES string of the molecule is CC(CC(=O)Nc1cccc2c(O)c(Cl)cc(Cl)c12)C(=O)O. The molecule has 7 heteroatoms. The van der Waals surface area contributed by atoms with Gasteiger partial charge in [-0.1, -0.05) is 42.3 Å². The van der Waals surface area contributed by atoms with Crippen LogP contribution in [0.2, 0.25) is 10.0 Å². The van der Waals surface area contributed by atoms with Crippen LogP contribution in [-0.2, 0) is 9.59 Å². The lowest BCUT2D eigenvalue weighted by Crippen LogP contribution is -2.20. The number of phenolic OH excluding ortho intramolecular Hbond substituents is 1. The molecular formula is C15H13Cl2NO4. The summed E-state index contributed by atoms with van der Waals surface area (Å²) in [7, 11) is 0. The number of phenols is 1. The summed E-state index contributed by atoms with van der Waals surface area (Å²) in [6.45, 7) is 1.45. The predicted octanol–water partition coefficient (Wildman–Crippen LogP) is 3.90. The molecule has 1 atom stereocenters. The lowest BCUT2D eigenvalue weighted by atomic mass is 10.1. The number of hydrogen-bond donors (Lipinski definition) is 3. The van der Waals surface area contributed by atoms with Crippen LogP contribution in [0, 0.1) is 5.92 Å². The molecule has 2 aromatic rings. The predicted molar refractivity (Wildman–Crippen MR) is 85.7 cm³/mol. The molecule has 116 valence electrons. The van der Waals surface area contributed by atoms with E-state index >= 15 is 0 Å². The minimum atomic E-state index is -1.05. The molecule has 0 bridgehead atoms. The summed E-state index contributed by atoms with van der Waals surface area (Å²) in [5, 5.41) is 22.7. The molecule has 2 rings (SSSR count). The van der Waals surface area contributed by atoms with Gasteiger partial charge in [-0.3, -0.25) is 9.59 Å². The number of anilines is 1. The van der Waals surface area contributed by atoms with Gasteiger partial charge in [0.05, 0.1) is 21.7 Å². The molecule has 0 saturated heterocycles. The Morgan fingerprint density at radius 2 is 1.95 bits per heavy atom. The van der Waals surface area contributed by atoms with Crippen molar-refractivity contribution >= 4 is 51.5 Å². The largest absolute Gasteiger partial charge is 0.506 e. The van der Waals surface area contributed by atoms with E-state index in [1.165, 1.54) is 13.0 Å². The summed E-state index contributed by atoms with van der Waals surface area (Å²) in [6.07, 6.45) is -0.164. The molecule has 22 heavy (non-hydrogen) atoms. The normalized spacial score (nSPS) is 12.1. The zero-order valence-electron chi connectivity index (χ0n) is 11.6. The van der Waals surface area contributed by atoms with Gasteiger partial charge in [-0.2, -0.15) is 0 Å². The fourth-order valence-electron chi connectivity index (χ4n) is 2.06. The van der Waals surface area contributed by atoms with Crippen molar-refractivity contribution in [1.82, 2.24) is 0 Å². The van der Waals surface area contributed by atoms with E-state index in [1.807, 2.05) is 0 Å². The second-order valence-electron chi connectivity index (χ2n) is 4.91. The quantitative estimate of drug-likeness (QED) is 0.786. The lowest BCUT2D eigenvalue weighted by molar-refractivity contribution is -0.142. The third-order valence-electron chi connectivity index (χ3n) is 3.23. The number of rotatable bonds is 4. The standard InChI is InChI=1S/C15H13Cl2NO4/c1-7(15(21)22)5-12(19)18-11-4-2-3-8-13(11)9(16)6-10(17)14(8)20/h2-4,6-7,20H,5H2,1H3,(H,18,19)(H,21,22). The number of aromatic hydroxyl groups is 1. The monoisotopic (exact) mass is 341 g/mol. The zero-order valence-corrected chi connectivity index (χ0v) is 13.1. The summed E-state index contributed by atoms with van der Waals surface area (Å²) in [5.74, 6) is -2.42. The number of carboxylic acids is 1. The van der Waals surface area contributed by atoms with Crippen molar-refractivity contribution < 1.29 is 19.8 Å². The first kappa shape index (κ1) is 16.4. The van der Waals surface area contributed by atoms with E-state index in [9.17, 15) is 14.7 Å². The molecule has 0 aliphatic heterocycles. The van der Waals surface area contributed by atoms with Crippen molar-refractivity contribution in [3.8, 4) is 5.75 Å². The van der Waals surface area contributed by atoms with Crippen molar-refractivity contribution in [2.75, 3.05) is 5.32 Å². The molecule has 0 aromatic heterocycles. The lowest BCUT2D eigenvalue weighted by Gasteiger charge is -2.13. The maximum atomic E-state index is 11.9. The van der Waals surface area contributed by atoms with Gasteiger partial charge in [0, 0.05) is 17.2 Å². The molecule has 1 unspecified atom stereocenters. The second kappa shape index (κ2) is 6.42. The number of carbonyl (C=O) groups is 2. The molecule has 0 aliphatic rings. The summed E-state index contributed by atoms with van der Waals surface area (Å²) in [4.78, 5) is 22.7. The Morgan fingerprint density at radius 1 is 1.27 bits per heavy atom. The number of amides is 1. The highest BCUT2D eigenvalue weighted by Gasteiger charge is 2.18. The number of nitrogens with one attached hydrogen (secondary N) is 1. The molecule has 0 aliphatic carbocycles. The second-order valence-corrected chi connectivity index (χ2v) is 5.72. The van der Waals surface area contributed by atoms with Gasteiger partial charge in [0.25, 0.3) is 0 Å². The van der Waals surface area contributed by atoms with Gasteiger partial charge in [0.15, 0.2) is 0 Å². The number of carboxylic acid groups (broad SMARTS) is 1. The van der Waals surface area contributed by atoms with Gasteiger partial charge in [-0.15, -0.1) is 0 Å². The molecule has 3 N–H and O–H groups in total. The Hall–Kier alpha value is -1.98. The highest BCUT2D eigenvalue weighted by Crippen LogP contribution is 2.40. The summed E-state index contributed by atoms with van der Waals surface area (Å²) >= 11 is 12.0. The van der Waals surface area contributed by atoms with E-state index in [0.717, 1.165) is 0 Å². The van der Waals surface area contributed by atoms with Crippen LogP contribution in [0.4, 0.5) is 5.69 Å². The van der Waals surface area contributed by atoms with Crippen LogP contribution in [0.3, 0.4) is 0 Å². The van der Waals surface area contributed by atoms with Crippen molar-refractivity contribution in [1.29, 1.82) is 0 Å². The molecule has 0 saturated carbocycles. The third-order valence-corrected chi connectivity index (χ3v) is 3.81. The van der Waals surface area contributed by atoms with E-state index in [0.29, 0.717) is 16.5 Å². The van der Waals surface area contributed by atoms with Crippen LogP contribution < -0.4 is 5.32 Å². The molecule has 0 spiro atoms. The average Bonchev–Trinajstić information content (AvgIpc) is 2.44. The third kappa shape index (κ3) is 3.26. The Balaban J connectivity index is 2.39. The van der Waals surface area contributed by atoms with Gasteiger partial charge in [-0.05, 0) is 12.1 Å². The summed E-state index contributed by atoms with van der Waals surface area (Å²) in [5.41, 5.74) is 0.386. The van der Waals surface area contributed by atoms with Crippen LogP contribution in [0.1, 0.15) is 13.3 Å². The first-order chi connectivity index (χ1) is 10.3. The number of fused-ring (bicyclic) bond motifs is 1. The van der Waals surface area contributed by atoms with E-state index in [-0.39, 0.29) is 22.2 Å². The number of carbonyl (C=O) groups excluding carboxylic acids is 1. The highest BCUT2D eigenvalue weighted by atomic mass is 35.5. The maximum Gasteiger partial charge on any atom is 0.306 e. The molecule has 2 aromatic carbocycles. The maximum absolute atomic E-state index is 11.9. The smallest absolute Gasteiger partial charge is 0.306 e. The van der Waals surface area contributed by atoms with Crippen molar-refractivity contribution in [2.24, 2.45) is 5.92 Å². The zero-order chi connectivity index (χ0) is 16.4. The van der Waals surface area contributed by atoms with Gasteiger partial charge < -0.3 is 15.5 Å². The first-order valence-corrected chi connectivity index (χ1v) is 7.19. The molecule has 5 nitrogen and oxygen atoms in total. The highest BCUT2D eigenvalue weighted by molar-refractivity contribution is 6.41. The van der Waals surface area contributed by atoms with Crippen LogP contribution in [0.25, 0.3) is 10.8 Å². The molecular weight excluding hydrogens is 329 g/mol.